The molecule has 12 heavy (non-hydrogen) atoms. The van der Waals surface area contributed by atoms with E-state index in [2.05, 4.69) is 10.3 Å². The van der Waals surface area contributed by atoms with Gasteiger partial charge in [0.05, 0.1) is 25.5 Å². The Balaban J connectivity index is 2.69. The Morgan fingerprint density at radius 3 is 2.92 bits per heavy atom. The van der Waals surface area contributed by atoms with Gasteiger partial charge in [0.2, 0.25) is 0 Å². The average Bonchev–Trinajstić information content (AvgIpc) is 2.47. The largest absolute Gasteiger partial charge is 0.499 e. The van der Waals surface area contributed by atoms with E-state index in [9.17, 15) is 0 Å². The van der Waals surface area contributed by atoms with Crippen molar-refractivity contribution in [3.05, 3.63) is 23.7 Å². The van der Waals surface area contributed by atoms with Crippen molar-refractivity contribution in [2.24, 2.45) is 0 Å². The number of allylic oxidation sites excluding steroid dienone is 2. The van der Waals surface area contributed by atoms with Gasteiger partial charge in [0.25, 0.3) is 0 Å². The molecule has 0 aliphatic carbocycles. The minimum Gasteiger partial charge on any atom is -0.499 e. The smallest absolute Gasteiger partial charge is 0.113 e. The normalized spacial score (nSPS) is 11.8. The minimum absolute atomic E-state index is 0.652. The molecule has 4 heteroatoms. The summed E-state index contributed by atoms with van der Waals surface area (Å²) in [6.45, 7) is 4.55. The number of nitrogens with zero attached hydrogens (tertiary/aromatic N) is 3. The zero-order valence-corrected chi connectivity index (χ0v) is 7.61. The van der Waals surface area contributed by atoms with E-state index in [0.29, 0.717) is 6.54 Å². The summed E-state index contributed by atoms with van der Waals surface area (Å²) >= 11 is 0. The Hall–Kier alpha value is -1.32. The van der Waals surface area contributed by atoms with Gasteiger partial charge in [-0.05, 0) is 19.9 Å². The molecular formula is C8H13N3O. The van der Waals surface area contributed by atoms with E-state index in [1.165, 1.54) is 0 Å². The van der Waals surface area contributed by atoms with E-state index in [0.717, 1.165) is 11.5 Å². The fraction of sp³-hybridized carbons (Fsp3) is 0.500. The Morgan fingerprint density at radius 1 is 1.75 bits per heavy atom. The molecule has 0 amide bonds. The third kappa shape index (κ3) is 1.84. The van der Waals surface area contributed by atoms with Crippen LogP contribution in [0.1, 0.15) is 12.6 Å². The van der Waals surface area contributed by atoms with Crippen molar-refractivity contribution >= 4 is 0 Å². The zero-order valence-electron chi connectivity index (χ0n) is 7.61. The highest BCUT2D eigenvalue weighted by Crippen LogP contribution is 2.01. The molecule has 0 N–H and O–H groups in total. The predicted octanol–water partition coefficient (Wildman–Crippen LogP) is 1.14. The maximum absolute atomic E-state index is 5.10. The van der Waals surface area contributed by atoms with Crippen molar-refractivity contribution in [2.75, 3.05) is 7.11 Å². The van der Waals surface area contributed by atoms with Gasteiger partial charge in [-0.25, -0.2) is 4.68 Å². The van der Waals surface area contributed by atoms with Gasteiger partial charge in [0.15, 0.2) is 0 Å². The summed E-state index contributed by atoms with van der Waals surface area (Å²) < 4.78 is 6.89. The number of hydrogen-bond donors (Lipinski definition) is 0. The van der Waals surface area contributed by atoms with Gasteiger partial charge < -0.3 is 4.74 Å². The first kappa shape index (κ1) is 8.77. The number of ether oxygens (including phenoxy) is 1. The van der Waals surface area contributed by atoms with Crippen LogP contribution in [0.15, 0.2) is 18.0 Å². The van der Waals surface area contributed by atoms with Gasteiger partial charge in [0.1, 0.15) is 5.76 Å². The fourth-order valence-electron chi connectivity index (χ4n) is 0.887. The molecule has 0 atom stereocenters. The van der Waals surface area contributed by atoms with Crippen LogP contribution in [-0.2, 0) is 11.3 Å². The predicted molar refractivity (Wildman–Crippen MR) is 45.5 cm³/mol. The highest BCUT2D eigenvalue weighted by molar-refractivity contribution is 4.95. The van der Waals surface area contributed by atoms with E-state index in [4.69, 9.17) is 4.74 Å². The molecule has 0 saturated carbocycles. The summed E-state index contributed by atoms with van der Waals surface area (Å²) in [6.07, 6.45) is 3.64. The Labute approximate surface area is 71.8 Å². The Bertz CT molecular complexity index is 278. The number of rotatable bonds is 3. The van der Waals surface area contributed by atoms with E-state index in [1.54, 1.807) is 18.0 Å². The molecule has 66 valence electrons. The van der Waals surface area contributed by atoms with Crippen LogP contribution in [0.4, 0.5) is 0 Å². The lowest BCUT2D eigenvalue weighted by molar-refractivity contribution is 0.264. The topological polar surface area (TPSA) is 39.9 Å². The van der Waals surface area contributed by atoms with Crippen molar-refractivity contribution < 1.29 is 4.74 Å². The number of aryl methyl sites for hydroxylation is 1. The summed E-state index contributed by atoms with van der Waals surface area (Å²) in [5, 5.41) is 7.67. The highest BCUT2D eigenvalue weighted by Gasteiger charge is 2.00. The van der Waals surface area contributed by atoms with Crippen LogP contribution in [0.25, 0.3) is 0 Å². The zero-order chi connectivity index (χ0) is 8.97. The lowest BCUT2D eigenvalue weighted by Crippen LogP contribution is -2.06. The van der Waals surface area contributed by atoms with Crippen LogP contribution >= 0.6 is 0 Å². The number of aromatic nitrogens is 3. The van der Waals surface area contributed by atoms with Crippen LogP contribution < -0.4 is 0 Å². The lowest BCUT2D eigenvalue weighted by atomic mass is 10.4. The van der Waals surface area contributed by atoms with Crippen LogP contribution in [0.2, 0.25) is 0 Å². The molecule has 0 fully saturated rings. The minimum atomic E-state index is 0.652. The Kier molecular flexibility index (Phi) is 2.85. The molecule has 0 aliphatic heterocycles. The molecule has 1 aromatic rings. The first-order valence-electron chi connectivity index (χ1n) is 3.82. The molecule has 1 heterocycles. The molecule has 4 nitrogen and oxygen atoms in total. The van der Waals surface area contributed by atoms with E-state index in [1.807, 2.05) is 19.9 Å². The highest BCUT2D eigenvalue weighted by atomic mass is 16.5. The van der Waals surface area contributed by atoms with E-state index < -0.39 is 0 Å². The SMILES string of the molecule is C/C=C(\Cn1nncc1C)OC. The number of hydrogen-bond acceptors (Lipinski definition) is 3. The number of methoxy groups -OCH3 is 1. The van der Waals surface area contributed by atoms with Crippen LogP contribution in [-0.4, -0.2) is 22.1 Å². The molecule has 0 radical (unpaired) electrons. The van der Waals surface area contributed by atoms with Crippen molar-refractivity contribution in [2.45, 2.75) is 20.4 Å². The molecule has 0 spiro atoms. The molecule has 1 rings (SSSR count). The first-order chi connectivity index (χ1) is 5.77. The van der Waals surface area contributed by atoms with Crippen molar-refractivity contribution in [1.82, 2.24) is 15.0 Å². The van der Waals surface area contributed by atoms with Gasteiger partial charge in [-0.15, -0.1) is 5.10 Å². The summed E-state index contributed by atoms with van der Waals surface area (Å²) in [7, 11) is 1.65. The molecule has 1 aromatic heterocycles. The molecular weight excluding hydrogens is 154 g/mol. The molecule has 0 aliphatic rings. The van der Waals surface area contributed by atoms with E-state index >= 15 is 0 Å². The third-order valence-corrected chi connectivity index (χ3v) is 1.70. The van der Waals surface area contributed by atoms with Crippen LogP contribution in [0.3, 0.4) is 0 Å². The monoisotopic (exact) mass is 167 g/mol. The van der Waals surface area contributed by atoms with Gasteiger partial charge >= 0.3 is 0 Å². The maximum Gasteiger partial charge on any atom is 0.113 e. The molecule has 0 aromatic carbocycles. The first-order valence-corrected chi connectivity index (χ1v) is 3.82. The van der Waals surface area contributed by atoms with Crippen LogP contribution in [0, 0.1) is 6.92 Å². The third-order valence-electron chi connectivity index (χ3n) is 1.70. The van der Waals surface area contributed by atoms with Gasteiger partial charge in [0, 0.05) is 0 Å². The quantitative estimate of drug-likeness (QED) is 0.634. The fourth-order valence-corrected chi connectivity index (χ4v) is 0.887. The summed E-state index contributed by atoms with van der Waals surface area (Å²) in [4.78, 5) is 0. The summed E-state index contributed by atoms with van der Waals surface area (Å²) in [5.74, 6) is 0.892. The molecule has 0 bridgehead atoms. The van der Waals surface area contributed by atoms with Crippen molar-refractivity contribution in [3.63, 3.8) is 0 Å². The summed E-state index contributed by atoms with van der Waals surface area (Å²) in [6, 6.07) is 0. The lowest BCUT2D eigenvalue weighted by Gasteiger charge is -2.05. The Morgan fingerprint density at radius 2 is 2.50 bits per heavy atom. The average molecular weight is 167 g/mol. The second kappa shape index (κ2) is 3.90. The summed E-state index contributed by atoms with van der Waals surface area (Å²) in [5.41, 5.74) is 1.03. The molecule has 0 unspecified atom stereocenters. The van der Waals surface area contributed by atoms with E-state index in [-0.39, 0.29) is 0 Å². The van der Waals surface area contributed by atoms with Crippen LogP contribution in [0.5, 0.6) is 0 Å². The second-order valence-electron chi connectivity index (χ2n) is 2.49. The second-order valence-corrected chi connectivity index (χ2v) is 2.49. The molecule has 0 saturated heterocycles. The van der Waals surface area contributed by atoms with Crippen molar-refractivity contribution in [1.29, 1.82) is 0 Å². The van der Waals surface area contributed by atoms with Gasteiger partial charge in [-0.3, -0.25) is 0 Å². The van der Waals surface area contributed by atoms with Crippen molar-refractivity contribution in [3.8, 4) is 0 Å². The standard InChI is InChI=1S/C8H13N3O/c1-4-8(12-3)6-11-7(2)5-9-10-11/h4-5H,6H2,1-3H3/b8-4+. The van der Waals surface area contributed by atoms with Gasteiger partial charge in [-0.2, -0.15) is 0 Å². The maximum atomic E-state index is 5.10. The van der Waals surface area contributed by atoms with Gasteiger partial charge in [-0.1, -0.05) is 5.21 Å².